The van der Waals surface area contributed by atoms with Gasteiger partial charge in [0.15, 0.2) is 0 Å². The molecule has 1 aromatic carbocycles. The summed E-state index contributed by atoms with van der Waals surface area (Å²) in [6, 6.07) is 8.62. The summed E-state index contributed by atoms with van der Waals surface area (Å²) < 4.78 is 11.9. The Morgan fingerprint density at radius 3 is 2.60 bits per heavy atom. The first-order chi connectivity index (χ1) is 12.1. The number of benzene rings is 1. The third-order valence-corrected chi connectivity index (χ3v) is 4.18. The Kier molecular flexibility index (Phi) is 3.58. The Bertz CT molecular complexity index is 1100. The SMILES string of the molecule is COc1cc2c3nn(-c4ccc(Cl)cc4)c(=O)c-3c[nH]c2c(OC)n1. The summed E-state index contributed by atoms with van der Waals surface area (Å²) in [5.41, 5.74) is 2.03. The Morgan fingerprint density at radius 1 is 1.16 bits per heavy atom. The lowest BCUT2D eigenvalue weighted by atomic mass is 10.1. The fourth-order valence-corrected chi connectivity index (χ4v) is 2.85. The van der Waals surface area contributed by atoms with Crippen LogP contribution in [0.1, 0.15) is 0 Å². The summed E-state index contributed by atoms with van der Waals surface area (Å²) in [5.74, 6) is 0.739. The van der Waals surface area contributed by atoms with Crippen molar-refractivity contribution >= 4 is 22.5 Å². The number of methoxy groups -OCH3 is 2. The van der Waals surface area contributed by atoms with E-state index in [4.69, 9.17) is 21.1 Å². The van der Waals surface area contributed by atoms with Gasteiger partial charge in [0.05, 0.1) is 25.5 Å². The van der Waals surface area contributed by atoms with E-state index in [1.165, 1.54) is 18.9 Å². The van der Waals surface area contributed by atoms with E-state index in [0.717, 1.165) is 0 Å². The second kappa shape index (κ2) is 5.78. The van der Waals surface area contributed by atoms with Gasteiger partial charge in [0, 0.05) is 22.7 Å². The van der Waals surface area contributed by atoms with Crippen molar-refractivity contribution in [3.8, 4) is 28.7 Å². The molecule has 0 saturated heterocycles. The van der Waals surface area contributed by atoms with Crippen LogP contribution in [-0.2, 0) is 0 Å². The number of pyridine rings is 2. The summed E-state index contributed by atoms with van der Waals surface area (Å²) in [6.45, 7) is 0. The molecule has 2 aromatic rings. The van der Waals surface area contributed by atoms with Crippen molar-refractivity contribution < 1.29 is 9.47 Å². The third-order valence-electron chi connectivity index (χ3n) is 3.93. The summed E-state index contributed by atoms with van der Waals surface area (Å²) in [7, 11) is 3.04. The van der Waals surface area contributed by atoms with Crippen LogP contribution in [0.25, 0.3) is 27.8 Å². The minimum Gasteiger partial charge on any atom is -0.481 e. The molecule has 4 rings (SSSR count). The molecule has 2 aliphatic rings. The molecule has 0 atom stereocenters. The number of H-pyrrole nitrogens is 1. The van der Waals surface area contributed by atoms with Gasteiger partial charge in [-0.2, -0.15) is 14.8 Å². The van der Waals surface area contributed by atoms with Crippen LogP contribution in [0.5, 0.6) is 11.8 Å². The maximum Gasteiger partial charge on any atom is 0.282 e. The van der Waals surface area contributed by atoms with Crippen molar-refractivity contribution in [2.75, 3.05) is 14.2 Å². The van der Waals surface area contributed by atoms with E-state index >= 15 is 0 Å². The van der Waals surface area contributed by atoms with Crippen molar-refractivity contribution in [1.82, 2.24) is 19.7 Å². The molecule has 0 amide bonds. The molecule has 0 unspecified atom stereocenters. The highest BCUT2D eigenvalue weighted by Gasteiger charge is 2.21. The maximum atomic E-state index is 12.7. The highest BCUT2D eigenvalue weighted by Crippen LogP contribution is 2.32. The zero-order chi connectivity index (χ0) is 17.6. The van der Waals surface area contributed by atoms with Gasteiger partial charge in [0.1, 0.15) is 11.2 Å². The van der Waals surface area contributed by atoms with Crippen LogP contribution in [-0.4, -0.2) is 34.0 Å². The Hall–Kier alpha value is -3.06. The van der Waals surface area contributed by atoms with Crippen LogP contribution in [0, 0.1) is 0 Å². The molecular formula is C17H13ClN4O3. The molecule has 2 aliphatic heterocycles. The number of nitrogens with zero attached hydrogens (tertiary/aromatic N) is 3. The number of aromatic nitrogens is 4. The number of ether oxygens (including phenoxy) is 2. The van der Waals surface area contributed by atoms with Gasteiger partial charge in [-0.3, -0.25) is 4.79 Å². The molecule has 0 bridgehead atoms. The monoisotopic (exact) mass is 356 g/mol. The Labute approximate surface area is 147 Å². The molecule has 0 aliphatic carbocycles. The highest BCUT2D eigenvalue weighted by molar-refractivity contribution is 6.30. The molecule has 8 heteroatoms. The predicted molar refractivity (Wildman–Crippen MR) is 94.2 cm³/mol. The summed E-state index contributed by atoms with van der Waals surface area (Å²) >= 11 is 5.91. The lowest BCUT2D eigenvalue weighted by Crippen LogP contribution is -2.14. The summed E-state index contributed by atoms with van der Waals surface area (Å²) in [4.78, 5) is 20.0. The molecule has 3 heterocycles. The Morgan fingerprint density at radius 2 is 1.92 bits per heavy atom. The first-order valence-corrected chi connectivity index (χ1v) is 7.79. The number of halogens is 1. The van der Waals surface area contributed by atoms with Gasteiger partial charge < -0.3 is 14.5 Å². The van der Waals surface area contributed by atoms with E-state index in [1.54, 1.807) is 36.5 Å². The van der Waals surface area contributed by atoms with E-state index in [9.17, 15) is 4.79 Å². The largest absolute Gasteiger partial charge is 0.481 e. The van der Waals surface area contributed by atoms with Gasteiger partial charge in [-0.05, 0) is 24.3 Å². The molecular weight excluding hydrogens is 344 g/mol. The second-order valence-corrected chi connectivity index (χ2v) is 5.78. The van der Waals surface area contributed by atoms with Gasteiger partial charge in [0.2, 0.25) is 11.8 Å². The van der Waals surface area contributed by atoms with Gasteiger partial charge in [0.25, 0.3) is 5.56 Å². The number of rotatable bonds is 3. The van der Waals surface area contributed by atoms with Crippen LogP contribution >= 0.6 is 11.6 Å². The van der Waals surface area contributed by atoms with Crippen LogP contribution in [0.2, 0.25) is 5.02 Å². The number of fused-ring (bicyclic) bond motifs is 3. The lowest BCUT2D eigenvalue weighted by Gasteiger charge is -2.09. The molecule has 7 nitrogen and oxygen atoms in total. The number of nitrogens with one attached hydrogen (secondary N) is 1. The van der Waals surface area contributed by atoms with Crippen molar-refractivity contribution in [3.63, 3.8) is 0 Å². The molecule has 1 aromatic heterocycles. The van der Waals surface area contributed by atoms with E-state index < -0.39 is 0 Å². The van der Waals surface area contributed by atoms with Crippen molar-refractivity contribution in [2.24, 2.45) is 0 Å². The van der Waals surface area contributed by atoms with Crippen LogP contribution < -0.4 is 15.0 Å². The number of hydrogen-bond acceptors (Lipinski definition) is 5. The van der Waals surface area contributed by atoms with Crippen LogP contribution in [0.3, 0.4) is 0 Å². The highest BCUT2D eigenvalue weighted by atomic mass is 35.5. The third kappa shape index (κ3) is 2.40. The molecule has 0 radical (unpaired) electrons. The fraction of sp³-hybridized carbons (Fsp3) is 0.118. The normalized spacial score (nSPS) is 11.2. The molecule has 126 valence electrons. The first-order valence-electron chi connectivity index (χ1n) is 7.41. The van der Waals surface area contributed by atoms with E-state index in [1.807, 2.05) is 0 Å². The topological polar surface area (TPSA) is 82.0 Å². The van der Waals surface area contributed by atoms with Gasteiger partial charge in [-0.1, -0.05) is 11.6 Å². The predicted octanol–water partition coefficient (Wildman–Crippen LogP) is 2.88. The second-order valence-electron chi connectivity index (χ2n) is 5.34. The number of aromatic amines is 1. The van der Waals surface area contributed by atoms with Crippen molar-refractivity contribution in [2.45, 2.75) is 0 Å². The van der Waals surface area contributed by atoms with Gasteiger partial charge in [-0.15, -0.1) is 0 Å². The average molecular weight is 357 g/mol. The molecule has 25 heavy (non-hydrogen) atoms. The molecule has 0 fully saturated rings. The summed E-state index contributed by atoms with van der Waals surface area (Å²) in [5, 5.41) is 5.77. The zero-order valence-electron chi connectivity index (χ0n) is 13.4. The zero-order valence-corrected chi connectivity index (χ0v) is 14.2. The molecule has 1 N–H and O–H groups in total. The van der Waals surface area contributed by atoms with Gasteiger partial charge in [-0.25, -0.2) is 0 Å². The van der Waals surface area contributed by atoms with Crippen molar-refractivity contribution in [3.05, 3.63) is 51.9 Å². The minimum atomic E-state index is -0.231. The van der Waals surface area contributed by atoms with Crippen LogP contribution in [0.4, 0.5) is 0 Å². The smallest absolute Gasteiger partial charge is 0.282 e. The minimum absolute atomic E-state index is 0.231. The number of hydrogen-bond donors (Lipinski definition) is 1. The fourth-order valence-electron chi connectivity index (χ4n) is 2.72. The van der Waals surface area contributed by atoms with Crippen molar-refractivity contribution in [1.29, 1.82) is 0 Å². The summed E-state index contributed by atoms with van der Waals surface area (Å²) in [6.07, 6.45) is 1.61. The quantitative estimate of drug-likeness (QED) is 0.610. The van der Waals surface area contributed by atoms with E-state index in [0.29, 0.717) is 44.6 Å². The van der Waals surface area contributed by atoms with Gasteiger partial charge >= 0.3 is 0 Å². The first kappa shape index (κ1) is 15.5. The molecule has 0 spiro atoms. The lowest BCUT2D eigenvalue weighted by molar-refractivity contribution is 0.368. The van der Waals surface area contributed by atoms with E-state index in [2.05, 4.69) is 15.1 Å². The maximum absolute atomic E-state index is 12.7. The van der Waals surface area contributed by atoms with E-state index in [-0.39, 0.29) is 5.56 Å². The Balaban J connectivity index is 2.04. The average Bonchev–Trinajstić information content (AvgIpc) is 2.98. The van der Waals surface area contributed by atoms with Crippen LogP contribution in [0.15, 0.2) is 41.3 Å². The standard InChI is InChI=1S/C17H13ClN4O3/c1-24-13-7-11-14-12(8-19-15(11)16(20-13)25-2)17(23)22(21-14)10-5-3-9(18)4-6-10/h3-8,19H,1-2H3. The molecule has 0 saturated carbocycles.